The van der Waals surface area contributed by atoms with Crippen molar-refractivity contribution in [2.45, 2.75) is 0 Å². The highest BCUT2D eigenvalue weighted by molar-refractivity contribution is 6.14. The molecule has 220 valence electrons. The average molecular weight is 605 g/mol. The Labute approximate surface area is 268 Å². The number of hydrogen-bond acceptors (Lipinski definition) is 5. The first-order valence-electron chi connectivity index (χ1n) is 15.4. The highest BCUT2D eigenvalue weighted by atomic mass is 16.5. The molecule has 10 rings (SSSR count). The SMILES string of the molecule is c1ccc(-c2ccc3c4ccc(Oc5ccc6c7cncnc7n7ccnc7c6c5)cc4c4ncc(-c5ccccc5)n4c3c2)cc1. The Bertz CT molecular complexity index is 2820. The Morgan fingerprint density at radius 2 is 1.17 bits per heavy atom. The van der Waals surface area contributed by atoms with Crippen LogP contribution >= 0.6 is 0 Å². The fourth-order valence-electron chi connectivity index (χ4n) is 6.88. The van der Waals surface area contributed by atoms with Crippen molar-refractivity contribution in [1.82, 2.24) is 28.7 Å². The summed E-state index contributed by atoms with van der Waals surface area (Å²) >= 11 is 0. The van der Waals surface area contributed by atoms with E-state index in [1.165, 1.54) is 5.56 Å². The van der Waals surface area contributed by atoms with Crippen molar-refractivity contribution in [3.05, 3.63) is 146 Å². The molecule has 7 nitrogen and oxygen atoms in total. The van der Waals surface area contributed by atoms with Gasteiger partial charge in [-0.2, -0.15) is 0 Å². The van der Waals surface area contributed by atoms with Gasteiger partial charge in [0.15, 0.2) is 0 Å². The summed E-state index contributed by atoms with van der Waals surface area (Å²) in [4.78, 5) is 18.4. The van der Waals surface area contributed by atoms with E-state index in [9.17, 15) is 0 Å². The van der Waals surface area contributed by atoms with Gasteiger partial charge in [0, 0.05) is 45.7 Å². The van der Waals surface area contributed by atoms with Gasteiger partial charge in [0.2, 0.25) is 0 Å². The Hall–Kier alpha value is -6.60. The normalized spacial score (nSPS) is 11.8. The van der Waals surface area contributed by atoms with Crippen molar-refractivity contribution >= 4 is 54.8 Å². The molecule has 0 N–H and O–H groups in total. The standard InChI is InChI=1S/C40H24N6O/c1-3-7-25(8-4-1)27-11-14-32-30-15-12-29(21-34(30)40-43-23-37(46(40)36(32)19-27)26-9-5-2-6-10-26)47-28-13-16-31-33(20-28)38-42-17-18-45(38)39-35(31)22-41-24-44-39/h1-24H. The zero-order chi connectivity index (χ0) is 30.9. The fourth-order valence-corrected chi connectivity index (χ4v) is 6.88. The summed E-state index contributed by atoms with van der Waals surface area (Å²) in [5, 5.41) is 6.25. The number of aromatic nitrogens is 6. The topological polar surface area (TPSA) is 69.6 Å². The molecule has 5 heterocycles. The third-order valence-corrected chi connectivity index (χ3v) is 9.02. The van der Waals surface area contributed by atoms with E-state index in [0.29, 0.717) is 0 Å². The molecule has 0 aliphatic carbocycles. The molecule has 47 heavy (non-hydrogen) atoms. The lowest BCUT2D eigenvalue weighted by atomic mass is 10.00. The van der Waals surface area contributed by atoms with E-state index in [0.717, 1.165) is 83.1 Å². The third-order valence-electron chi connectivity index (χ3n) is 9.02. The lowest BCUT2D eigenvalue weighted by molar-refractivity contribution is 0.484. The van der Waals surface area contributed by atoms with Gasteiger partial charge in [-0.1, -0.05) is 72.8 Å². The maximum atomic E-state index is 6.56. The van der Waals surface area contributed by atoms with Crippen LogP contribution in [-0.2, 0) is 0 Å². The molecular formula is C40H24N6O. The molecule has 5 aromatic heterocycles. The average Bonchev–Trinajstić information content (AvgIpc) is 3.82. The molecule has 0 saturated carbocycles. The molecular weight excluding hydrogens is 580 g/mol. The third kappa shape index (κ3) is 3.93. The van der Waals surface area contributed by atoms with Gasteiger partial charge in [-0.15, -0.1) is 0 Å². The number of fused-ring (bicyclic) bond motifs is 12. The first kappa shape index (κ1) is 25.7. The molecule has 10 aromatic rings. The molecule has 0 radical (unpaired) electrons. The Balaban J connectivity index is 1.16. The van der Waals surface area contributed by atoms with Crippen LogP contribution in [0.4, 0.5) is 0 Å². The number of nitrogens with zero attached hydrogens (tertiary/aromatic N) is 6. The van der Waals surface area contributed by atoms with Crippen molar-refractivity contribution in [3.8, 4) is 33.9 Å². The van der Waals surface area contributed by atoms with Gasteiger partial charge in [-0.05, 0) is 64.4 Å². The molecule has 5 aromatic carbocycles. The van der Waals surface area contributed by atoms with Crippen molar-refractivity contribution in [1.29, 1.82) is 0 Å². The molecule has 7 heteroatoms. The van der Waals surface area contributed by atoms with Crippen LogP contribution in [0.3, 0.4) is 0 Å². The van der Waals surface area contributed by atoms with E-state index in [4.69, 9.17) is 9.72 Å². The second-order valence-electron chi connectivity index (χ2n) is 11.7. The molecule has 0 bridgehead atoms. The fraction of sp³-hybridized carbons (Fsp3) is 0. The minimum Gasteiger partial charge on any atom is -0.457 e. The highest BCUT2D eigenvalue weighted by Gasteiger charge is 2.17. The Kier molecular flexibility index (Phi) is 5.44. The van der Waals surface area contributed by atoms with E-state index in [1.54, 1.807) is 12.5 Å². The van der Waals surface area contributed by atoms with Crippen molar-refractivity contribution in [2.24, 2.45) is 0 Å². The first-order chi connectivity index (χ1) is 23.3. The van der Waals surface area contributed by atoms with Crippen LogP contribution in [0.2, 0.25) is 0 Å². The van der Waals surface area contributed by atoms with E-state index in [1.807, 2.05) is 53.3 Å². The summed E-state index contributed by atoms with van der Waals surface area (Å²) in [6.07, 6.45) is 9.10. The molecule has 0 aliphatic heterocycles. The molecule has 0 saturated heterocycles. The summed E-state index contributed by atoms with van der Waals surface area (Å²) in [7, 11) is 0. The van der Waals surface area contributed by atoms with Gasteiger partial charge in [0.05, 0.1) is 17.4 Å². The molecule has 0 unspecified atom stereocenters. The van der Waals surface area contributed by atoms with Crippen molar-refractivity contribution < 1.29 is 4.74 Å². The van der Waals surface area contributed by atoms with Crippen LogP contribution in [0.1, 0.15) is 0 Å². The summed E-state index contributed by atoms with van der Waals surface area (Å²) in [5.74, 6) is 1.45. The van der Waals surface area contributed by atoms with Gasteiger partial charge in [-0.25, -0.2) is 19.9 Å². The predicted molar refractivity (Wildman–Crippen MR) is 187 cm³/mol. The van der Waals surface area contributed by atoms with E-state index < -0.39 is 0 Å². The van der Waals surface area contributed by atoms with Crippen LogP contribution < -0.4 is 4.74 Å². The summed E-state index contributed by atoms with van der Waals surface area (Å²) < 4.78 is 10.8. The second-order valence-corrected chi connectivity index (χ2v) is 11.7. The van der Waals surface area contributed by atoms with Crippen LogP contribution in [-0.4, -0.2) is 28.7 Å². The van der Waals surface area contributed by atoms with Gasteiger partial charge in [0.1, 0.15) is 34.8 Å². The summed E-state index contributed by atoms with van der Waals surface area (Å²) in [6, 6.07) is 40.0. The van der Waals surface area contributed by atoms with Gasteiger partial charge in [0.25, 0.3) is 0 Å². The maximum Gasteiger partial charge on any atom is 0.149 e. The summed E-state index contributed by atoms with van der Waals surface area (Å²) in [6.45, 7) is 0. The smallest absolute Gasteiger partial charge is 0.149 e. The van der Waals surface area contributed by atoms with Gasteiger partial charge >= 0.3 is 0 Å². The monoisotopic (exact) mass is 604 g/mol. The maximum absolute atomic E-state index is 6.56. The molecule has 0 amide bonds. The van der Waals surface area contributed by atoms with Crippen LogP contribution in [0.5, 0.6) is 11.5 Å². The number of benzene rings is 5. The number of rotatable bonds is 4. The Morgan fingerprint density at radius 3 is 1.96 bits per heavy atom. The highest BCUT2D eigenvalue weighted by Crippen LogP contribution is 2.38. The van der Waals surface area contributed by atoms with E-state index in [-0.39, 0.29) is 0 Å². The number of ether oxygens (including phenoxy) is 1. The zero-order valence-corrected chi connectivity index (χ0v) is 24.9. The summed E-state index contributed by atoms with van der Waals surface area (Å²) in [5.41, 5.74) is 8.12. The lowest BCUT2D eigenvalue weighted by Crippen LogP contribution is -1.96. The number of pyridine rings is 2. The minimum atomic E-state index is 0.718. The predicted octanol–water partition coefficient (Wildman–Crippen LogP) is 9.51. The molecule has 0 atom stereocenters. The quantitative estimate of drug-likeness (QED) is 0.187. The number of hydrogen-bond donors (Lipinski definition) is 0. The zero-order valence-electron chi connectivity index (χ0n) is 24.9. The number of imidazole rings is 2. The van der Waals surface area contributed by atoms with Crippen molar-refractivity contribution in [2.75, 3.05) is 0 Å². The van der Waals surface area contributed by atoms with E-state index in [2.05, 4.69) is 104 Å². The van der Waals surface area contributed by atoms with E-state index >= 15 is 0 Å². The van der Waals surface area contributed by atoms with Crippen LogP contribution in [0.15, 0.2) is 146 Å². The van der Waals surface area contributed by atoms with Crippen molar-refractivity contribution in [3.63, 3.8) is 0 Å². The molecule has 0 aliphatic rings. The van der Waals surface area contributed by atoms with Crippen LogP contribution in [0.25, 0.3) is 77.2 Å². The second kappa shape index (κ2) is 9.95. The minimum absolute atomic E-state index is 0.718. The largest absolute Gasteiger partial charge is 0.457 e. The molecule has 0 spiro atoms. The first-order valence-corrected chi connectivity index (χ1v) is 15.4. The lowest BCUT2D eigenvalue weighted by Gasteiger charge is -2.14. The Morgan fingerprint density at radius 1 is 0.489 bits per heavy atom. The van der Waals surface area contributed by atoms with Crippen LogP contribution in [0, 0.1) is 0 Å². The van der Waals surface area contributed by atoms with Gasteiger partial charge < -0.3 is 4.74 Å². The van der Waals surface area contributed by atoms with Gasteiger partial charge in [-0.3, -0.25) is 8.80 Å². The molecule has 0 fully saturated rings.